The zero-order valence-electron chi connectivity index (χ0n) is 15.4. The van der Waals surface area contributed by atoms with Crippen molar-refractivity contribution in [2.45, 2.75) is 37.1 Å². The summed E-state index contributed by atoms with van der Waals surface area (Å²) in [7, 11) is -1.96. The smallest absolute Gasteiger partial charge is 0.285 e. The Morgan fingerprint density at radius 3 is 2.69 bits per heavy atom. The summed E-state index contributed by atoms with van der Waals surface area (Å²) in [5, 5.41) is 3.08. The van der Waals surface area contributed by atoms with Gasteiger partial charge in [-0.2, -0.15) is 8.42 Å². The van der Waals surface area contributed by atoms with Crippen LogP contribution >= 0.6 is 0 Å². The molecule has 0 spiro atoms. The zero-order valence-corrected chi connectivity index (χ0v) is 16.2. The molecule has 26 heavy (non-hydrogen) atoms. The lowest BCUT2D eigenvalue weighted by Crippen LogP contribution is -3.13. The minimum Gasteiger partial charge on any atom is -0.351 e. The molecule has 0 unspecified atom stereocenters. The molecule has 8 heteroatoms. The minimum absolute atomic E-state index is 0.0880. The van der Waals surface area contributed by atoms with Crippen molar-refractivity contribution in [3.8, 4) is 0 Å². The lowest BCUT2D eigenvalue weighted by atomic mass is 10.0. The lowest BCUT2D eigenvalue weighted by molar-refractivity contribution is -0.905. The molecule has 1 fully saturated rings. The summed E-state index contributed by atoms with van der Waals surface area (Å²) in [4.78, 5) is 15.8. The van der Waals surface area contributed by atoms with Crippen molar-refractivity contribution in [1.29, 1.82) is 0 Å². The molecule has 1 aromatic carbocycles. The molecule has 1 saturated heterocycles. The molecule has 2 aliphatic rings. The fraction of sp³-hybridized carbons (Fsp3) is 0.556. The van der Waals surface area contributed by atoms with E-state index in [1.165, 1.54) is 13.0 Å². The number of quaternary nitrogens is 1. The molecule has 1 amide bonds. The van der Waals surface area contributed by atoms with Gasteiger partial charge in [-0.1, -0.05) is 19.1 Å². The Morgan fingerprint density at radius 2 is 2.00 bits per heavy atom. The number of rotatable bonds is 5. The number of carbonyl (C=O) groups is 1. The van der Waals surface area contributed by atoms with Gasteiger partial charge in [0.05, 0.1) is 26.2 Å². The van der Waals surface area contributed by atoms with E-state index < -0.39 is 10.0 Å². The fourth-order valence-electron chi connectivity index (χ4n) is 3.70. The minimum atomic E-state index is -3.66. The molecule has 0 aromatic heterocycles. The quantitative estimate of drug-likeness (QED) is 0.732. The van der Waals surface area contributed by atoms with Crippen molar-refractivity contribution in [1.82, 2.24) is 10.2 Å². The van der Waals surface area contributed by atoms with Crippen molar-refractivity contribution in [3.63, 3.8) is 0 Å². The number of likely N-dealkylation sites (tertiary alicyclic amines) is 1. The standard InChI is InChI=1S/C18H26N4O3S/c1-3-10-22-11-8-14(9-12-22)19-17(23)13-21(2)18-15-6-4-5-7-16(15)26(24,25)20-18/h4-7,14H,3,8-13H2,1-2H3,(H,19,23)/p+1. The SMILES string of the molecule is CCC[NH+]1CCC(NC(=O)CN(C)C2=NS(=O)(=O)c3ccccc32)CC1. The second-order valence-corrected chi connectivity index (χ2v) is 8.66. The Hall–Kier alpha value is -1.93. The largest absolute Gasteiger partial charge is 0.351 e. The van der Waals surface area contributed by atoms with Gasteiger partial charge in [0.1, 0.15) is 4.90 Å². The molecule has 0 saturated carbocycles. The van der Waals surface area contributed by atoms with E-state index in [1.807, 2.05) is 0 Å². The highest BCUT2D eigenvalue weighted by molar-refractivity contribution is 7.90. The molecular weight excluding hydrogens is 352 g/mol. The van der Waals surface area contributed by atoms with Gasteiger partial charge >= 0.3 is 0 Å². The molecule has 0 atom stereocenters. The number of hydrogen-bond donors (Lipinski definition) is 2. The molecule has 3 rings (SSSR count). The van der Waals surface area contributed by atoms with E-state index in [-0.39, 0.29) is 23.4 Å². The average molecular weight is 380 g/mol. The topological polar surface area (TPSA) is 83.3 Å². The second kappa shape index (κ2) is 7.75. The van der Waals surface area contributed by atoms with Gasteiger partial charge < -0.3 is 15.1 Å². The summed E-state index contributed by atoms with van der Waals surface area (Å²) in [6.45, 7) is 5.66. The molecular formula is C18H27N4O3S+. The first-order valence-corrected chi connectivity index (χ1v) is 10.6. The van der Waals surface area contributed by atoms with Crippen LogP contribution in [-0.4, -0.2) is 64.3 Å². The van der Waals surface area contributed by atoms with E-state index >= 15 is 0 Å². The maximum absolute atomic E-state index is 12.4. The number of piperidine rings is 1. The van der Waals surface area contributed by atoms with Crippen molar-refractivity contribution >= 4 is 21.8 Å². The molecule has 2 N–H and O–H groups in total. The van der Waals surface area contributed by atoms with Crippen LogP contribution in [0, 0.1) is 0 Å². The van der Waals surface area contributed by atoms with Gasteiger partial charge in [0.15, 0.2) is 5.84 Å². The number of fused-ring (bicyclic) bond motifs is 1. The third-order valence-corrected chi connectivity index (χ3v) is 6.34. The van der Waals surface area contributed by atoms with Crippen LogP contribution in [0.4, 0.5) is 0 Å². The first-order valence-electron chi connectivity index (χ1n) is 9.19. The van der Waals surface area contributed by atoms with Crippen LogP contribution in [0.3, 0.4) is 0 Å². The normalized spacial score (nSPS) is 23.8. The number of nitrogens with zero attached hydrogens (tertiary/aromatic N) is 2. The molecule has 0 radical (unpaired) electrons. The number of carbonyl (C=O) groups excluding carboxylic acids is 1. The third-order valence-electron chi connectivity index (χ3n) is 5.02. The average Bonchev–Trinajstić information content (AvgIpc) is 2.89. The predicted molar refractivity (Wildman–Crippen MR) is 99.8 cm³/mol. The number of benzene rings is 1. The molecule has 7 nitrogen and oxygen atoms in total. The number of hydrogen-bond acceptors (Lipinski definition) is 4. The highest BCUT2D eigenvalue weighted by atomic mass is 32.2. The number of nitrogens with one attached hydrogen (secondary N) is 2. The van der Waals surface area contributed by atoms with E-state index in [2.05, 4.69) is 16.6 Å². The summed E-state index contributed by atoms with van der Waals surface area (Å²) in [6.07, 6.45) is 3.16. The Balaban J connectivity index is 1.57. The molecule has 0 bridgehead atoms. The first kappa shape index (κ1) is 18.8. The highest BCUT2D eigenvalue weighted by Crippen LogP contribution is 2.26. The van der Waals surface area contributed by atoms with Crippen LogP contribution in [0.15, 0.2) is 33.6 Å². The maximum atomic E-state index is 12.4. The Bertz CT molecular complexity index is 798. The van der Waals surface area contributed by atoms with Gasteiger partial charge in [0.25, 0.3) is 10.0 Å². The monoisotopic (exact) mass is 379 g/mol. The van der Waals surface area contributed by atoms with Gasteiger partial charge in [-0.15, -0.1) is 4.40 Å². The van der Waals surface area contributed by atoms with E-state index in [9.17, 15) is 13.2 Å². The molecule has 1 aromatic rings. The molecule has 2 aliphatic heterocycles. The highest BCUT2D eigenvalue weighted by Gasteiger charge is 2.31. The van der Waals surface area contributed by atoms with Gasteiger partial charge in [-0.3, -0.25) is 4.79 Å². The molecule has 2 heterocycles. The fourth-order valence-corrected chi connectivity index (χ4v) is 4.95. The van der Waals surface area contributed by atoms with Crippen molar-refractivity contribution in [2.75, 3.05) is 33.2 Å². The van der Waals surface area contributed by atoms with Crippen molar-refractivity contribution in [2.24, 2.45) is 4.40 Å². The van der Waals surface area contributed by atoms with E-state index in [0.717, 1.165) is 25.9 Å². The summed E-state index contributed by atoms with van der Waals surface area (Å²) >= 11 is 0. The van der Waals surface area contributed by atoms with Crippen molar-refractivity contribution in [3.05, 3.63) is 29.8 Å². The zero-order chi connectivity index (χ0) is 18.7. The summed E-state index contributed by atoms with van der Waals surface area (Å²) in [5.41, 5.74) is 0.555. The van der Waals surface area contributed by atoms with Gasteiger partial charge in [0, 0.05) is 31.5 Å². The number of amidine groups is 1. The number of amides is 1. The number of sulfonamides is 1. The van der Waals surface area contributed by atoms with E-state index in [4.69, 9.17) is 0 Å². The van der Waals surface area contributed by atoms with Crippen LogP contribution in [0.25, 0.3) is 0 Å². The summed E-state index contributed by atoms with van der Waals surface area (Å²) in [6, 6.07) is 6.92. The lowest BCUT2D eigenvalue weighted by Gasteiger charge is -2.30. The third kappa shape index (κ3) is 4.07. The molecule has 0 aliphatic carbocycles. The summed E-state index contributed by atoms with van der Waals surface area (Å²) < 4.78 is 28.1. The maximum Gasteiger partial charge on any atom is 0.285 e. The van der Waals surface area contributed by atoms with Crippen LogP contribution in [0.1, 0.15) is 31.7 Å². The van der Waals surface area contributed by atoms with Crippen LogP contribution in [0.5, 0.6) is 0 Å². The molecule has 142 valence electrons. The van der Waals surface area contributed by atoms with Gasteiger partial charge in [0.2, 0.25) is 5.91 Å². The summed E-state index contributed by atoms with van der Waals surface area (Å²) in [5.74, 6) is 0.235. The van der Waals surface area contributed by atoms with Crippen LogP contribution < -0.4 is 10.2 Å². The Morgan fingerprint density at radius 1 is 1.31 bits per heavy atom. The van der Waals surface area contributed by atoms with Crippen LogP contribution in [-0.2, 0) is 14.8 Å². The van der Waals surface area contributed by atoms with Gasteiger partial charge in [-0.25, -0.2) is 0 Å². The van der Waals surface area contributed by atoms with Crippen LogP contribution in [0.2, 0.25) is 0 Å². The van der Waals surface area contributed by atoms with Gasteiger partial charge in [-0.05, 0) is 18.6 Å². The van der Waals surface area contributed by atoms with E-state index in [0.29, 0.717) is 11.4 Å². The number of likely N-dealkylation sites (N-methyl/N-ethyl adjacent to an activating group) is 1. The van der Waals surface area contributed by atoms with Crippen molar-refractivity contribution < 1.29 is 18.1 Å². The Labute approximate surface area is 155 Å². The predicted octanol–water partition coefficient (Wildman–Crippen LogP) is -0.359. The Kier molecular flexibility index (Phi) is 5.62. The second-order valence-electron chi connectivity index (χ2n) is 7.08. The first-order chi connectivity index (χ1) is 12.4. The van der Waals surface area contributed by atoms with E-state index in [1.54, 1.807) is 41.1 Å².